The van der Waals surface area contributed by atoms with Gasteiger partial charge in [-0.05, 0) is 39.3 Å². The molecule has 5 heteroatoms. The highest BCUT2D eigenvalue weighted by Gasteiger charge is 2.25. The summed E-state index contributed by atoms with van der Waals surface area (Å²) in [4.78, 5) is 14.4. The topological polar surface area (TPSA) is 37.3 Å². The standard InChI is InChI=1S/C14H22ClN3O/c1-10(2)18-9-11(15)7-13(18)14(19)17(3)12-5-4-6-16-8-12/h7,9-10,12,16H,4-6,8H2,1-3H3. The second kappa shape index (κ2) is 5.97. The Kier molecular flexibility index (Phi) is 4.53. The van der Waals surface area contributed by atoms with Gasteiger partial charge in [0.15, 0.2) is 0 Å². The summed E-state index contributed by atoms with van der Waals surface area (Å²) < 4.78 is 1.94. The quantitative estimate of drug-likeness (QED) is 0.926. The fraction of sp³-hybridized carbons (Fsp3) is 0.643. The number of piperidine rings is 1. The lowest BCUT2D eigenvalue weighted by molar-refractivity contribution is 0.0695. The Bertz CT molecular complexity index is 450. The van der Waals surface area contributed by atoms with Gasteiger partial charge >= 0.3 is 0 Å². The second-order valence-electron chi connectivity index (χ2n) is 5.46. The number of hydrogen-bond acceptors (Lipinski definition) is 2. The molecular weight excluding hydrogens is 262 g/mol. The zero-order valence-electron chi connectivity index (χ0n) is 11.8. The first-order valence-corrected chi connectivity index (χ1v) is 7.23. The number of aromatic nitrogens is 1. The van der Waals surface area contributed by atoms with Crippen LogP contribution in [0.2, 0.25) is 5.02 Å². The molecule has 106 valence electrons. The van der Waals surface area contributed by atoms with Crippen LogP contribution in [0.1, 0.15) is 43.2 Å². The van der Waals surface area contributed by atoms with E-state index in [1.165, 1.54) is 0 Å². The summed E-state index contributed by atoms with van der Waals surface area (Å²) in [6.07, 6.45) is 4.01. The third-order valence-electron chi connectivity index (χ3n) is 3.73. The molecule has 1 aliphatic heterocycles. The van der Waals surface area contributed by atoms with Gasteiger partial charge < -0.3 is 14.8 Å². The van der Waals surface area contributed by atoms with Gasteiger partial charge in [0.05, 0.1) is 5.02 Å². The van der Waals surface area contributed by atoms with E-state index < -0.39 is 0 Å². The van der Waals surface area contributed by atoms with Gasteiger partial charge in [0.1, 0.15) is 5.69 Å². The highest BCUT2D eigenvalue weighted by atomic mass is 35.5. The molecule has 1 aromatic rings. The van der Waals surface area contributed by atoms with Crippen molar-refractivity contribution in [3.05, 3.63) is 23.0 Å². The lowest BCUT2D eigenvalue weighted by Crippen LogP contribution is -2.47. The van der Waals surface area contributed by atoms with Crippen molar-refractivity contribution in [2.45, 2.75) is 38.8 Å². The van der Waals surface area contributed by atoms with E-state index in [0.717, 1.165) is 25.9 Å². The number of carbonyl (C=O) groups is 1. The highest BCUT2D eigenvalue weighted by Crippen LogP contribution is 2.21. The molecule has 1 aromatic heterocycles. The van der Waals surface area contributed by atoms with Gasteiger partial charge in [-0.15, -0.1) is 0 Å². The Hall–Kier alpha value is -1.00. The van der Waals surface area contributed by atoms with Crippen molar-refractivity contribution in [1.82, 2.24) is 14.8 Å². The number of nitrogens with zero attached hydrogens (tertiary/aromatic N) is 2. The maximum atomic E-state index is 12.6. The van der Waals surface area contributed by atoms with Gasteiger partial charge in [0.25, 0.3) is 5.91 Å². The number of amides is 1. The molecule has 0 bridgehead atoms. The molecule has 2 rings (SSSR count). The molecule has 19 heavy (non-hydrogen) atoms. The van der Waals surface area contributed by atoms with Crippen molar-refractivity contribution in [3.63, 3.8) is 0 Å². The van der Waals surface area contributed by atoms with E-state index >= 15 is 0 Å². The lowest BCUT2D eigenvalue weighted by atomic mass is 10.1. The molecule has 1 amide bonds. The van der Waals surface area contributed by atoms with Gasteiger partial charge in [-0.3, -0.25) is 4.79 Å². The van der Waals surface area contributed by atoms with Crippen molar-refractivity contribution >= 4 is 17.5 Å². The minimum atomic E-state index is 0.0503. The zero-order chi connectivity index (χ0) is 14.0. The molecule has 1 N–H and O–H groups in total. The van der Waals surface area contributed by atoms with Crippen molar-refractivity contribution in [2.24, 2.45) is 0 Å². The maximum absolute atomic E-state index is 12.6. The molecule has 4 nitrogen and oxygen atoms in total. The highest BCUT2D eigenvalue weighted by molar-refractivity contribution is 6.31. The summed E-state index contributed by atoms with van der Waals surface area (Å²) in [6.45, 7) is 6.02. The molecule has 1 saturated heterocycles. The predicted molar refractivity (Wildman–Crippen MR) is 77.8 cm³/mol. The molecule has 1 atom stereocenters. The van der Waals surface area contributed by atoms with Crippen LogP contribution in [0.5, 0.6) is 0 Å². The minimum absolute atomic E-state index is 0.0503. The van der Waals surface area contributed by atoms with E-state index in [-0.39, 0.29) is 18.0 Å². The normalized spacial score (nSPS) is 19.7. The van der Waals surface area contributed by atoms with E-state index in [1.807, 2.05) is 22.7 Å². The number of rotatable bonds is 3. The zero-order valence-corrected chi connectivity index (χ0v) is 12.6. The molecule has 0 spiro atoms. The van der Waals surface area contributed by atoms with E-state index in [4.69, 9.17) is 11.6 Å². The first-order chi connectivity index (χ1) is 9.00. The largest absolute Gasteiger partial charge is 0.339 e. The Labute approximate surface area is 119 Å². The van der Waals surface area contributed by atoms with Crippen LogP contribution in [-0.4, -0.2) is 41.6 Å². The fourth-order valence-corrected chi connectivity index (χ4v) is 2.76. The van der Waals surface area contributed by atoms with E-state index in [0.29, 0.717) is 10.7 Å². The number of likely N-dealkylation sites (N-methyl/N-ethyl adjacent to an activating group) is 1. The van der Waals surface area contributed by atoms with Crippen LogP contribution in [0.3, 0.4) is 0 Å². The van der Waals surface area contributed by atoms with E-state index in [2.05, 4.69) is 19.2 Å². The monoisotopic (exact) mass is 283 g/mol. The van der Waals surface area contributed by atoms with Gasteiger partial charge in [-0.2, -0.15) is 0 Å². The van der Waals surface area contributed by atoms with Crippen LogP contribution in [0.25, 0.3) is 0 Å². The third-order valence-corrected chi connectivity index (χ3v) is 3.94. The summed E-state index contributed by atoms with van der Waals surface area (Å²) in [5, 5.41) is 3.96. The second-order valence-corrected chi connectivity index (χ2v) is 5.90. The molecule has 0 aromatic carbocycles. The Balaban J connectivity index is 2.18. The minimum Gasteiger partial charge on any atom is -0.339 e. The number of halogens is 1. The van der Waals surface area contributed by atoms with Crippen LogP contribution in [0.4, 0.5) is 0 Å². The summed E-state index contributed by atoms with van der Waals surface area (Å²) in [5.41, 5.74) is 0.674. The van der Waals surface area contributed by atoms with Crippen LogP contribution >= 0.6 is 11.6 Å². The van der Waals surface area contributed by atoms with Crippen molar-refractivity contribution in [3.8, 4) is 0 Å². The van der Waals surface area contributed by atoms with Crippen LogP contribution < -0.4 is 5.32 Å². The molecule has 2 heterocycles. The van der Waals surface area contributed by atoms with E-state index in [1.54, 1.807) is 6.07 Å². The number of nitrogens with one attached hydrogen (secondary N) is 1. The van der Waals surface area contributed by atoms with Crippen LogP contribution in [0.15, 0.2) is 12.3 Å². The molecule has 1 unspecified atom stereocenters. The predicted octanol–water partition coefficient (Wildman–Crippen LogP) is 2.55. The lowest BCUT2D eigenvalue weighted by Gasteiger charge is -2.32. The van der Waals surface area contributed by atoms with Crippen molar-refractivity contribution < 1.29 is 4.79 Å². The third kappa shape index (κ3) is 3.12. The SMILES string of the molecule is CC(C)n1cc(Cl)cc1C(=O)N(C)C1CCCNC1. The summed E-state index contributed by atoms with van der Waals surface area (Å²) in [6, 6.07) is 2.26. The molecule has 0 saturated carbocycles. The summed E-state index contributed by atoms with van der Waals surface area (Å²) in [7, 11) is 1.88. The van der Waals surface area contributed by atoms with Crippen LogP contribution in [-0.2, 0) is 0 Å². The van der Waals surface area contributed by atoms with Gasteiger partial charge in [0, 0.05) is 31.9 Å². The Morgan fingerprint density at radius 1 is 1.58 bits per heavy atom. The fourth-order valence-electron chi connectivity index (χ4n) is 2.55. The van der Waals surface area contributed by atoms with Crippen molar-refractivity contribution in [1.29, 1.82) is 0 Å². The van der Waals surface area contributed by atoms with E-state index in [9.17, 15) is 4.79 Å². The number of hydrogen-bond donors (Lipinski definition) is 1. The molecule has 1 aliphatic rings. The Morgan fingerprint density at radius 2 is 2.32 bits per heavy atom. The first kappa shape index (κ1) is 14.4. The van der Waals surface area contributed by atoms with Crippen LogP contribution in [0, 0.1) is 0 Å². The molecule has 0 radical (unpaired) electrons. The molecule has 1 fully saturated rings. The summed E-state index contributed by atoms with van der Waals surface area (Å²) >= 11 is 6.04. The van der Waals surface area contributed by atoms with Gasteiger partial charge in [0.2, 0.25) is 0 Å². The average molecular weight is 284 g/mol. The first-order valence-electron chi connectivity index (χ1n) is 6.86. The Morgan fingerprint density at radius 3 is 2.89 bits per heavy atom. The molecule has 0 aliphatic carbocycles. The maximum Gasteiger partial charge on any atom is 0.270 e. The number of carbonyl (C=O) groups excluding carboxylic acids is 1. The van der Waals surface area contributed by atoms with Gasteiger partial charge in [-0.1, -0.05) is 11.6 Å². The molecular formula is C14H22ClN3O. The average Bonchev–Trinajstić information content (AvgIpc) is 2.80. The van der Waals surface area contributed by atoms with Crippen molar-refractivity contribution in [2.75, 3.05) is 20.1 Å². The van der Waals surface area contributed by atoms with Gasteiger partial charge in [-0.25, -0.2) is 0 Å². The smallest absolute Gasteiger partial charge is 0.270 e. The summed E-state index contributed by atoms with van der Waals surface area (Å²) in [5.74, 6) is 0.0503.